The van der Waals surface area contributed by atoms with Crippen LogP contribution < -0.4 is 5.32 Å². The smallest absolute Gasteiger partial charge is 0.242 e. The van der Waals surface area contributed by atoms with Crippen LogP contribution in [0.1, 0.15) is 28.1 Å². The topological polar surface area (TPSA) is 67.2 Å². The number of nitrogens with one attached hydrogen (secondary N) is 1. The largest absolute Gasteiger partial charge is 0.396 e. The summed E-state index contributed by atoms with van der Waals surface area (Å²) in [6.07, 6.45) is 0.572. The van der Waals surface area contributed by atoms with Gasteiger partial charge in [-0.15, -0.1) is 0 Å². The van der Waals surface area contributed by atoms with Crippen LogP contribution in [0.5, 0.6) is 0 Å². The minimum Gasteiger partial charge on any atom is -0.396 e. The number of benzene rings is 1. The van der Waals surface area contributed by atoms with Crippen LogP contribution in [-0.2, 0) is 24.3 Å². The molecule has 2 rings (SSSR count). The van der Waals surface area contributed by atoms with Crippen LogP contribution in [0.15, 0.2) is 24.3 Å². The van der Waals surface area contributed by atoms with Crippen molar-refractivity contribution in [1.29, 1.82) is 0 Å². The highest BCUT2D eigenvalue weighted by molar-refractivity contribution is 5.75. The summed E-state index contributed by atoms with van der Waals surface area (Å²) in [5.41, 5.74) is 5.10. The van der Waals surface area contributed by atoms with Crippen molar-refractivity contribution < 1.29 is 9.90 Å². The Hall–Kier alpha value is -2.14. The first-order valence-corrected chi connectivity index (χ1v) is 7.47. The zero-order valence-electron chi connectivity index (χ0n) is 13.4. The second kappa shape index (κ2) is 7.22. The van der Waals surface area contributed by atoms with E-state index in [2.05, 4.69) is 16.5 Å². The standard InChI is InChI=1S/C17H23N3O2/c1-12-5-4-6-15(9-12)10-18-17(22)11-20-14(3)16(7-8-21)13(2)19-20/h4-6,9,21H,7-8,10-11H2,1-3H3,(H,18,22). The molecule has 0 aliphatic rings. The third-order valence-electron chi connectivity index (χ3n) is 3.76. The first kappa shape index (κ1) is 16.2. The molecule has 0 aliphatic heterocycles. The van der Waals surface area contributed by atoms with Gasteiger partial charge in [0, 0.05) is 18.8 Å². The lowest BCUT2D eigenvalue weighted by molar-refractivity contribution is -0.122. The Bertz CT molecular complexity index is 662. The Kier molecular flexibility index (Phi) is 5.33. The third-order valence-corrected chi connectivity index (χ3v) is 3.76. The fourth-order valence-electron chi connectivity index (χ4n) is 2.58. The maximum absolute atomic E-state index is 12.1. The van der Waals surface area contributed by atoms with Gasteiger partial charge in [0.1, 0.15) is 6.54 Å². The van der Waals surface area contributed by atoms with E-state index >= 15 is 0 Å². The summed E-state index contributed by atoms with van der Waals surface area (Å²) in [5.74, 6) is -0.0670. The number of carbonyl (C=O) groups excluding carboxylic acids is 1. The second-order valence-corrected chi connectivity index (χ2v) is 5.55. The van der Waals surface area contributed by atoms with Gasteiger partial charge in [0.2, 0.25) is 5.91 Å². The molecule has 5 nitrogen and oxygen atoms in total. The van der Waals surface area contributed by atoms with E-state index in [0.717, 1.165) is 22.5 Å². The van der Waals surface area contributed by atoms with E-state index in [-0.39, 0.29) is 19.1 Å². The van der Waals surface area contributed by atoms with Crippen LogP contribution in [0, 0.1) is 20.8 Å². The number of aliphatic hydroxyl groups is 1. The quantitative estimate of drug-likeness (QED) is 0.852. The summed E-state index contributed by atoms with van der Waals surface area (Å²) in [6.45, 7) is 6.67. The minimum atomic E-state index is -0.0670. The molecule has 0 saturated heterocycles. The Morgan fingerprint density at radius 1 is 1.32 bits per heavy atom. The normalized spacial score (nSPS) is 10.7. The fraction of sp³-hybridized carbons (Fsp3) is 0.412. The molecule has 1 amide bonds. The first-order chi connectivity index (χ1) is 10.5. The van der Waals surface area contributed by atoms with Gasteiger partial charge in [-0.2, -0.15) is 5.10 Å². The number of carbonyl (C=O) groups is 1. The summed E-state index contributed by atoms with van der Waals surface area (Å²) in [5, 5.41) is 16.4. The van der Waals surface area contributed by atoms with Crippen molar-refractivity contribution in [3.8, 4) is 0 Å². The molecule has 0 unspecified atom stereocenters. The lowest BCUT2D eigenvalue weighted by Crippen LogP contribution is -2.28. The average molecular weight is 301 g/mol. The Morgan fingerprint density at radius 3 is 2.77 bits per heavy atom. The molecule has 118 valence electrons. The highest BCUT2D eigenvalue weighted by Crippen LogP contribution is 2.13. The molecular weight excluding hydrogens is 278 g/mol. The van der Waals surface area contributed by atoms with Crippen molar-refractivity contribution in [2.45, 2.75) is 40.3 Å². The predicted molar refractivity (Wildman–Crippen MR) is 85.5 cm³/mol. The summed E-state index contributed by atoms with van der Waals surface area (Å²) >= 11 is 0. The van der Waals surface area contributed by atoms with Crippen LogP contribution in [0.3, 0.4) is 0 Å². The molecule has 0 bridgehead atoms. The van der Waals surface area contributed by atoms with E-state index in [0.29, 0.717) is 13.0 Å². The molecule has 1 heterocycles. The van der Waals surface area contributed by atoms with Gasteiger partial charge in [-0.3, -0.25) is 9.48 Å². The molecule has 0 aliphatic carbocycles. The molecule has 1 aromatic carbocycles. The van der Waals surface area contributed by atoms with E-state index in [1.807, 2.05) is 39.0 Å². The van der Waals surface area contributed by atoms with Crippen LogP contribution in [0.4, 0.5) is 0 Å². The lowest BCUT2D eigenvalue weighted by atomic mass is 10.1. The predicted octanol–water partition coefficient (Wildman–Crippen LogP) is 1.66. The molecule has 2 aromatic rings. The van der Waals surface area contributed by atoms with Crippen molar-refractivity contribution >= 4 is 5.91 Å². The number of aromatic nitrogens is 2. The van der Waals surface area contributed by atoms with Crippen molar-refractivity contribution in [1.82, 2.24) is 15.1 Å². The SMILES string of the molecule is Cc1cccc(CNC(=O)Cn2nc(C)c(CCO)c2C)c1. The Morgan fingerprint density at radius 2 is 2.09 bits per heavy atom. The Balaban J connectivity index is 1.96. The molecule has 22 heavy (non-hydrogen) atoms. The van der Waals surface area contributed by atoms with Gasteiger partial charge >= 0.3 is 0 Å². The van der Waals surface area contributed by atoms with Crippen molar-refractivity contribution in [3.05, 3.63) is 52.3 Å². The monoisotopic (exact) mass is 301 g/mol. The summed E-state index contributed by atoms with van der Waals surface area (Å²) in [6, 6.07) is 8.07. The number of aryl methyl sites for hydroxylation is 2. The Labute approximate surface area is 131 Å². The highest BCUT2D eigenvalue weighted by Gasteiger charge is 2.13. The second-order valence-electron chi connectivity index (χ2n) is 5.55. The van der Waals surface area contributed by atoms with E-state index in [1.54, 1.807) is 4.68 Å². The van der Waals surface area contributed by atoms with Gasteiger partial charge in [-0.1, -0.05) is 29.8 Å². The molecule has 0 radical (unpaired) electrons. The lowest BCUT2D eigenvalue weighted by Gasteiger charge is -2.08. The maximum atomic E-state index is 12.1. The molecule has 5 heteroatoms. The summed E-state index contributed by atoms with van der Waals surface area (Å²) in [7, 11) is 0. The molecule has 0 saturated carbocycles. The van der Waals surface area contributed by atoms with Gasteiger partial charge in [0.05, 0.1) is 5.69 Å². The highest BCUT2D eigenvalue weighted by atomic mass is 16.3. The summed E-state index contributed by atoms with van der Waals surface area (Å²) in [4.78, 5) is 12.1. The molecular formula is C17H23N3O2. The fourth-order valence-corrected chi connectivity index (χ4v) is 2.58. The van der Waals surface area contributed by atoms with Gasteiger partial charge in [-0.25, -0.2) is 0 Å². The van der Waals surface area contributed by atoms with E-state index < -0.39 is 0 Å². The number of rotatable bonds is 6. The van der Waals surface area contributed by atoms with E-state index in [9.17, 15) is 4.79 Å². The van der Waals surface area contributed by atoms with Crippen LogP contribution in [0.2, 0.25) is 0 Å². The summed E-state index contributed by atoms with van der Waals surface area (Å²) < 4.78 is 1.70. The zero-order valence-corrected chi connectivity index (χ0v) is 13.4. The van der Waals surface area contributed by atoms with Gasteiger partial charge in [0.15, 0.2) is 0 Å². The van der Waals surface area contributed by atoms with Crippen molar-refractivity contribution in [3.63, 3.8) is 0 Å². The number of amides is 1. The number of aliphatic hydroxyl groups excluding tert-OH is 1. The number of hydrogen-bond donors (Lipinski definition) is 2. The number of hydrogen-bond acceptors (Lipinski definition) is 3. The van der Waals surface area contributed by atoms with Gasteiger partial charge < -0.3 is 10.4 Å². The first-order valence-electron chi connectivity index (χ1n) is 7.47. The molecule has 0 spiro atoms. The van der Waals surface area contributed by atoms with Crippen molar-refractivity contribution in [2.24, 2.45) is 0 Å². The van der Waals surface area contributed by atoms with Gasteiger partial charge in [-0.05, 0) is 38.3 Å². The van der Waals surface area contributed by atoms with E-state index in [1.165, 1.54) is 5.56 Å². The third kappa shape index (κ3) is 3.95. The maximum Gasteiger partial charge on any atom is 0.242 e. The zero-order chi connectivity index (χ0) is 16.1. The molecule has 0 fully saturated rings. The van der Waals surface area contributed by atoms with Crippen LogP contribution in [-0.4, -0.2) is 27.4 Å². The number of nitrogens with zero attached hydrogens (tertiary/aromatic N) is 2. The van der Waals surface area contributed by atoms with Crippen LogP contribution >= 0.6 is 0 Å². The average Bonchev–Trinajstić information content (AvgIpc) is 2.73. The molecule has 1 aromatic heterocycles. The minimum absolute atomic E-state index is 0.0670. The van der Waals surface area contributed by atoms with E-state index in [4.69, 9.17) is 5.11 Å². The van der Waals surface area contributed by atoms with Crippen molar-refractivity contribution in [2.75, 3.05) is 6.61 Å². The van der Waals surface area contributed by atoms with Crippen LogP contribution in [0.25, 0.3) is 0 Å². The van der Waals surface area contributed by atoms with Gasteiger partial charge in [0.25, 0.3) is 0 Å². The molecule has 0 atom stereocenters. The molecule has 2 N–H and O–H groups in total.